The first-order valence-electron chi connectivity index (χ1n) is 8.08. The van der Waals surface area contributed by atoms with Gasteiger partial charge in [-0.1, -0.05) is 31.7 Å². The molecular formula is C18H25N3OS. The molecule has 0 aliphatic carbocycles. The number of hydrogen-bond acceptors (Lipinski definition) is 3. The molecule has 0 radical (unpaired) electrons. The van der Waals surface area contributed by atoms with Gasteiger partial charge in [-0.15, -0.1) is 0 Å². The van der Waals surface area contributed by atoms with Crippen molar-refractivity contribution in [1.29, 1.82) is 0 Å². The van der Waals surface area contributed by atoms with Gasteiger partial charge < -0.3 is 5.32 Å². The Labute approximate surface area is 142 Å². The lowest BCUT2D eigenvalue weighted by Crippen LogP contribution is -2.35. The topological polar surface area (TPSA) is 46.9 Å². The zero-order valence-electron chi connectivity index (χ0n) is 14.3. The molecule has 0 fully saturated rings. The molecule has 0 atom stereocenters. The first-order chi connectivity index (χ1) is 11.0. The molecule has 0 saturated heterocycles. The minimum absolute atomic E-state index is 0.0679. The highest BCUT2D eigenvalue weighted by atomic mass is 32.2. The number of benzene rings is 1. The Balaban J connectivity index is 2.04. The third-order valence-corrected chi connectivity index (χ3v) is 5.03. The second-order valence-corrected chi connectivity index (χ2v) is 6.66. The number of carbonyl (C=O) groups excluding carboxylic acids is 1. The average molecular weight is 331 g/mol. The Morgan fingerprint density at radius 2 is 2.00 bits per heavy atom. The summed E-state index contributed by atoms with van der Waals surface area (Å²) in [5.74, 6) is 0.455. The van der Waals surface area contributed by atoms with E-state index in [1.54, 1.807) is 6.20 Å². The van der Waals surface area contributed by atoms with E-state index in [0.717, 1.165) is 23.7 Å². The molecule has 124 valence electrons. The van der Waals surface area contributed by atoms with Crippen LogP contribution in [0.2, 0.25) is 0 Å². The zero-order chi connectivity index (χ0) is 16.8. The summed E-state index contributed by atoms with van der Waals surface area (Å²) < 4.78 is 2.03. The summed E-state index contributed by atoms with van der Waals surface area (Å²) in [5, 5.41) is 3.90. The summed E-state index contributed by atoms with van der Waals surface area (Å²) in [6.45, 7) is 8.39. The summed E-state index contributed by atoms with van der Waals surface area (Å²) in [5.41, 5.74) is 3.60. The van der Waals surface area contributed by atoms with Crippen LogP contribution < -0.4 is 5.32 Å². The number of aromatic nitrogens is 2. The lowest BCUT2D eigenvalue weighted by molar-refractivity contribution is -0.119. The fraction of sp³-hybridized carbons (Fsp3) is 0.444. The van der Waals surface area contributed by atoms with E-state index in [1.807, 2.05) is 10.8 Å². The minimum Gasteiger partial charge on any atom is -0.353 e. The number of rotatable bonds is 7. The number of nitrogens with one attached hydrogen (secondary N) is 1. The van der Waals surface area contributed by atoms with Crippen molar-refractivity contribution in [2.24, 2.45) is 0 Å². The molecule has 1 N–H and O–H groups in total. The molecule has 5 heteroatoms. The van der Waals surface area contributed by atoms with Crippen molar-refractivity contribution in [3.63, 3.8) is 0 Å². The van der Waals surface area contributed by atoms with E-state index in [2.05, 4.69) is 56.2 Å². The van der Waals surface area contributed by atoms with Crippen LogP contribution in [0.4, 0.5) is 0 Å². The summed E-state index contributed by atoms with van der Waals surface area (Å²) in [4.78, 5) is 16.4. The largest absolute Gasteiger partial charge is 0.353 e. The highest BCUT2D eigenvalue weighted by Gasteiger charge is 2.12. The molecule has 2 aromatic rings. The maximum atomic E-state index is 12.0. The summed E-state index contributed by atoms with van der Waals surface area (Å²) in [6, 6.07) is 6.60. The van der Waals surface area contributed by atoms with Crippen molar-refractivity contribution in [2.75, 3.05) is 5.75 Å². The molecule has 0 bridgehead atoms. The van der Waals surface area contributed by atoms with Crippen molar-refractivity contribution in [3.05, 3.63) is 41.7 Å². The third-order valence-electron chi connectivity index (χ3n) is 4.06. The molecule has 1 aromatic carbocycles. The molecule has 0 aliphatic rings. The van der Waals surface area contributed by atoms with E-state index in [0.29, 0.717) is 5.75 Å². The van der Waals surface area contributed by atoms with E-state index in [-0.39, 0.29) is 11.9 Å². The second-order valence-electron chi connectivity index (χ2n) is 5.72. The van der Waals surface area contributed by atoms with Crippen LogP contribution in [-0.4, -0.2) is 27.3 Å². The van der Waals surface area contributed by atoms with Crippen molar-refractivity contribution in [3.8, 4) is 5.69 Å². The van der Waals surface area contributed by atoms with Crippen LogP contribution in [0.3, 0.4) is 0 Å². The van der Waals surface area contributed by atoms with Crippen LogP contribution >= 0.6 is 11.8 Å². The van der Waals surface area contributed by atoms with E-state index >= 15 is 0 Å². The third kappa shape index (κ3) is 4.61. The molecule has 1 amide bonds. The number of hydrogen-bond donors (Lipinski definition) is 1. The highest BCUT2D eigenvalue weighted by Crippen LogP contribution is 2.22. The van der Waals surface area contributed by atoms with Crippen molar-refractivity contribution < 1.29 is 4.79 Å². The molecule has 1 aromatic heterocycles. The fourth-order valence-corrected chi connectivity index (χ4v) is 3.14. The van der Waals surface area contributed by atoms with Gasteiger partial charge in [0.25, 0.3) is 0 Å². The van der Waals surface area contributed by atoms with Crippen LogP contribution in [-0.2, 0) is 4.79 Å². The van der Waals surface area contributed by atoms with E-state index < -0.39 is 0 Å². The zero-order valence-corrected chi connectivity index (χ0v) is 15.1. The van der Waals surface area contributed by atoms with E-state index in [9.17, 15) is 4.79 Å². The minimum atomic E-state index is 0.0679. The Kier molecular flexibility index (Phi) is 6.28. The molecular weight excluding hydrogens is 306 g/mol. The van der Waals surface area contributed by atoms with Gasteiger partial charge in [0.15, 0.2) is 5.16 Å². The average Bonchev–Trinajstić information content (AvgIpc) is 3.01. The molecule has 0 unspecified atom stereocenters. The molecule has 0 aliphatic heterocycles. The van der Waals surface area contributed by atoms with Gasteiger partial charge in [0.2, 0.25) is 5.91 Å². The first-order valence-corrected chi connectivity index (χ1v) is 9.06. The number of nitrogens with zero attached hydrogens (tertiary/aromatic N) is 2. The van der Waals surface area contributed by atoms with Gasteiger partial charge in [-0.05, 0) is 49.9 Å². The van der Waals surface area contributed by atoms with Crippen LogP contribution in [0.5, 0.6) is 0 Å². The summed E-state index contributed by atoms with van der Waals surface area (Å²) in [7, 11) is 0. The van der Waals surface area contributed by atoms with Gasteiger partial charge >= 0.3 is 0 Å². The van der Waals surface area contributed by atoms with Crippen LogP contribution in [0, 0.1) is 13.8 Å². The molecule has 0 saturated carbocycles. The van der Waals surface area contributed by atoms with E-state index in [1.165, 1.54) is 22.9 Å². The molecule has 23 heavy (non-hydrogen) atoms. The number of imidazole rings is 1. The van der Waals surface area contributed by atoms with Crippen LogP contribution in [0.25, 0.3) is 5.69 Å². The lowest BCUT2D eigenvalue weighted by atomic mass is 10.1. The van der Waals surface area contributed by atoms with Gasteiger partial charge in [-0.25, -0.2) is 4.98 Å². The SMILES string of the molecule is CCC(CC)NC(=O)CSc1nccn1-c1ccc(C)c(C)c1. The Bertz CT molecular complexity index is 662. The van der Waals surface area contributed by atoms with Crippen LogP contribution in [0.15, 0.2) is 35.7 Å². The van der Waals surface area contributed by atoms with Gasteiger partial charge in [-0.2, -0.15) is 0 Å². The first kappa shape index (κ1) is 17.6. The van der Waals surface area contributed by atoms with Gasteiger partial charge in [0.1, 0.15) is 0 Å². The number of carbonyl (C=O) groups is 1. The lowest BCUT2D eigenvalue weighted by Gasteiger charge is -2.14. The van der Waals surface area contributed by atoms with Gasteiger partial charge in [-0.3, -0.25) is 9.36 Å². The number of amides is 1. The molecule has 4 nitrogen and oxygen atoms in total. The Morgan fingerprint density at radius 3 is 2.65 bits per heavy atom. The Morgan fingerprint density at radius 1 is 1.26 bits per heavy atom. The number of thioether (sulfide) groups is 1. The van der Waals surface area contributed by atoms with E-state index in [4.69, 9.17) is 0 Å². The van der Waals surface area contributed by atoms with Crippen LogP contribution in [0.1, 0.15) is 37.8 Å². The predicted molar refractivity (Wildman–Crippen MR) is 96.3 cm³/mol. The fourth-order valence-electron chi connectivity index (χ4n) is 2.36. The van der Waals surface area contributed by atoms with Gasteiger partial charge in [0.05, 0.1) is 5.75 Å². The Hall–Kier alpha value is -1.75. The maximum absolute atomic E-state index is 12.0. The standard InChI is InChI=1S/C18H25N3OS/c1-5-15(6-2)20-17(22)12-23-18-19-9-10-21(18)16-8-7-13(3)14(4)11-16/h7-11,15H,5-6,12H2,1-4H3,(H,20,22). The monoisotopic (exact) mass is 331 g/mol. The molecule has 1 heterocycles. The molecule has 0 spiro atoms. The highest BCUT2D eigenvalue weighted by molar-refractivity contribution is 7.99. The van der Waals surface area contributed by atoms with Gasteiger partial charge in [0, 0.05) is 24.1 Å². The van der Waals surface area contributed by atoms with Crippen molar-refractivity contribution in [2.45, 2.75) is 51.7 Å². The number of aryl methyl sites for hydroxylation is 2. The predicted octanol–water partition coefficient (Wildman–Crippen LogP) is 3.89. The van der Waals surface area contributed by atoms with Crippen molar-refractivity contribution >= 4 is 17.7 Å². The maximum Gasteiger partial charge on any atom is 0.230 e. The normalized spacial score (nSPS) is 11.0. The smallest absolute Gasteiger partial charge is 0.230 e. The summed E-state index contributed by atoms with van der Waals surface area (Å²) >= 11 is 1.47. The quantitative estimate of drug-likeness (QED) is 0.783. The second kappa shape index (κ2) is 8.20. The van der Waals surface area contributed by atoms with Crippen molar-refractivity contribution in [1.82, 2.24) is 14.9 Å². The molecule has 2 rings (SSSR count). The summed E-state index contributed by atoms with van der Waals surface area (Å²) in [6.07, 6.45) is 5.63.